The van der Waals surface area contributed by atoms with E-state index in [-0.39, 0.29) is 11.9 Å². The van der Waals surface area contributed by atoms with Gasteiger partial charge in [-0.25, -0.2) is 9.48 Å². The first kappa shape index (κ1) is 16.0. The number of ether oxygens (including phenoxy) is 1. The Labute approximate surface area is 136 Å². The number of likely N-dealkylation sites (tertiary alicyclic amines) is 1. The predicted octanol–water partition coefficient (Wildman–Crippen LogP) is 1.95. The van der Waals surface area contributed by atoms with Gasteiger partial charge in [0.05, 0.1) is 19.3 Å². The first-order valence-corrected chi connectivity index (χ1v) is 8.51. The van der Waals surface area contributed by atoms with Gasteiger partial charge in [0.1, 0.15) is 6.04 Å². The maximum atomic E-state index is 12.7. The number of amides is 1. The number of aromatic nitrogens is 3. The summed E-state index contributed by atoms with van der Waals surface area (Å²) in [6.07, 6.45) is 10.1. The highest BCUT2D eigenvalue weighted by atomic mass is 16.5. The molecule has 0 N–H and O–H groups in total. The van der Waals surface area contributed by atoms with E-state index in [1.165, 1.54) is 26.4 Å². The highest BCUT2D eigenvalue weighted by Gasteiger charge is 2.34. The minimum atomic E-state index is -0.499. The van der Waals surface area contributed by atoms with Crippen molar-refractivity contribution in [3.8, 4) is 0 Å². The minimum Gasteiger partial charge on any atom is -0.467 e. The monoisotopic (exact) mass is 320 g/mol. The summed E-state index contributed by atoms with van der Waals surface area (Å²) in [6, 6.07) is -0.156. The van der Waals surface area contributed by atoms with E-state index in [4.69, 9.17) is 4.74 Å². The van der Waals surface area contributed by atoms with Crippen molar-refractivity contribution in [1.82, 2.24) is 19.9 Å². The van der Waals surface area contributed by atoms with Gasteiger partial charge in [-0.3, -0.25) is 4.79 Å². The first-order chi connectivity index (χ1) is 11.2. The lowest BCUT2D eigenvalue weighted by Gasteiger charge is -2.33. The number of hydrogen-bond donors (Lipinski definition) is 0. The molecular weight excluding hydrogens is 296 g/mol. The summed E-state index contributed by atoms with van der Waals surface area (Å²) in [5.74, 6) is -0.570. The number of piperidine rings is 1. The Bertz CT molecular complexity index is 565. The second kappa shape index (κ2) is 7.10. The topological polar surface area (TPSA) is 77.3 Å². The normalized spacial score (nSPS) is 22.8. The molecule has 126 valence electrons. The summed E-state index contributed by atoms with van der Waals surface area (Å²) in [5.41, 5.74) is 0.325. The van der Waals surface area contributed by atoms with Crippen molar-refractivity contribution in [3.05, 3.63) is 11.9 Å². The number of methoxy groups -OCH3 is 1. The molecule has 7 heteroatoms. The molecule has 1 amide bonds. The molecule has 0 bridgehead atoms. The molecule has 0 spiro atoms. The van der Waals surface area contributed by atoms with Crippen LogP contribution < -0.4 is 0 Å². The molecule has 3 rings (SSSR count). The molecule has 1 saturated carbocycles. The number of nitrogens with zero attached hydrogens (tertiary/aromatic N) is 4. The van der Waals surface area contributed by atoms with Crippen LogP contribution in [-0.2, 0) is 9.53 Å². The van der Waals surface area contributed by atoms with Crippen LogP contribution in [0.25, 0.3) is 0 Å². The third-order valence-electron chi connectivity index (χ3n) is 4.92. The molecule has 1 unspecified atom stereocenters. The smallest absolute Gasteiger partial charge is 0.328 e. The summed E-state index contributed by atoms with van der Waals surface area (Å²) in [5, 5.41) is 8.20. The van der Waals surface area contributed by atoms with Crippen LogP contribution in [0.1, 0.15) is 67.9 Å². The molecule has 2 fully saturated rings. The lowest BCUT2D eigenvalue weighted by atomic mass is 9.96. The van der Waals surface area contributed by atoms with E-state index in [1.54, 1.807) is 11.1 Å². The molecule has 2 aliphatic rings. The van der Waals surface area contributed by atoms with Gasteiger partial charge < -0.3 is 9.64 Å². The molecule has 1 saturated heterocycles. The zero-order valence-electron chi connectivity index (χ0n) is 13.6. The lowest BCUT2D eigenvalue weighted by molar-refractivity contribution is -0.147. The van der Waals surface area contributed by atoms with Gasteiger partial charge in [-0.05, 0) is 32.1 Å². The summed E-state index contributed by atoms with van der Waals surface area (Å²) in [6.45, 7) is 0.564. The van der Waals surface area contributed by atoms with Crippen molar-refractivity contribution in [2.24, 2.45) is 0 Å². The van der Waals surface area contributed by atoms with Crippen LogP contribution in [0.5, 0.6) is 0 Å². The summed E-state index contributed by atoms with van der Waals surface area (Å²) >= 11 is 0. The average Bonchev–Trinajstić information content (AvgIpc) is 3.11. The predicted molar refractivity (Wildman–Crippen MR) is 82.8 cm³/mol. The largest absolute Gasteiger partial charge is 0.467 e. The molecule has 0 radical (unpaired) electrons. The van der Waals surface area contributed by atoms with E-state index < -0.39 is 6.04 Å². The van der Waals surface area contributed by atoms with Crippen LogP contribution in [0.2, 0.25) is 0 Å². The molecular formula is C16H24N4O3. The number of carbonyl (C=O) groups is 2. The second-order valence-corrected chi connectivity index (χ2v) is 6.41. The van der Waals surface area contributed by atoms with Gasteiger partial charge >= 0.3 is 5.97 Å². The Morgan fingerprint density at radius 1 is 1.13 bits per heavy atom. The van der Waals surface area contributed by atoms with Gasteiger partial charge in [0.15, 0.2) is 5.69 Å². The summed E-state index contributed by atoms with van der Waals surface area (Å²) in [4.78, 5) is 26.2. The van der Waals surface area contributed by atoms with Crippen molar-refractivity contribution in [1.29, 1.82) is 0 Å². The maximum Gasteiger partial charge on any atom is 0.328 e. The van der Waals surface area contributed by atoms with Gasteiger partial charge in [0.25, 0.3) is 5.91 Å². The SMILES string of the molecule is COC(=O)C1CCCCN1C(=O)c1cn(C2CCCCC2)nn1. The maximum absolute atomic E-state index is 12.7. The number of carbonyl (C=O) groups excluding carboxylic acids is 2. The quantitative estimate of drug-likeness (QED) is 0.796. The third kappa shape index (κ3) is 3.38. The zero-order valence-corrected chi connectivity index (χ0v) is 13.6. The van der Waals surface area contributed by atoms with Crippen molar-refractivity contribution in [2.45, 2.75) is 63.5 Å². The van der Waals surface area contributed by atoms with Crippen molar-refractivity contribution >= 4 is 11.9 Å². The van der Waals surface area contributed by atoms with E-state index in [9.17, 15) is 9.59 Å². The molecule has 2 heterocycles. The fourth-order valence-electron chi connectivity index (χ4n) is 3.60. The fourth-order valence-corrected chi connectivity index (χ4v) is 3.60. The van der Waals surface area contributed by atoms with Crippen LogP contribution in [-0.4, -0.2) is 51.5 Å². The first-order valence-electron chi connectivity index (χ1n) is 8.51. The Morgan fingerprint density at radius 2 is 1.87 bits per heavy atom. The lowest BCUT2D eigenvalue weighted by Crippen LogP contribution is -2.48. The van der Waals surface area contributed by atoms with Crippen LogP contribution in [0.15, 0.2) is 6.20 Å². The van der Waals surface area contributed by atoms with Gasteiger partial charge in [0, 0.05) is 6.54 Å². The Balaban J connectivity index is 1.73. The van der Waals surface area contributed by atoms with E-state index in [0.717, 1.165) is 25.7 Å². The Hall–Kier alpha value is -1.92. The molecule has 1 aliphatic heterocycles. The Morgan fingerprint density at radius 3 is 2.61 bits per heavy atom. The van der Waals surface area contributed by atoms with E-state index in [2.05, 4.69) is 10.3 Å². The fraction of sp³-hybridized carbons (Fsp3) is 0.750. The molecule has 1 atom stereocenters. The molecule has 1 aromatic rings. The van der Waals surface area contributed by atoms with Gasteiger partial charge in [-0.1, -0.05) is 24.5 Å². The van der Waals surface area contributed by atoms with Gasteiger partial charge in [-0.2, -0.15) is 0 Å². The third-order valence-corrected chi connectivity index (χ3v) is 4.92. The van der Waals surface area contributed by atoms with Crippen LogP contribution >= 0.6 is 0 Å². The molecule has 1 aromatic heterocycles. The summed E-state index contributed by atoms with van der Waals surface area (Å²) < 4.78 is 6.66. The van der Waals surface area contributed by atoms with E-state index in [1.807, 2.05) is 4.68 Å². The summed E-state index contributed by atoms with van der Waals surface area (Å²) in [7, 11) is 1.36. The second-order valence-electron chi connectivity index (χ2n) is 6.41. The molecule has 7 nitrogen and oxygen atoms in total. The van der Waals surface area contributed by atoms with E-state index in [0.29, 0.717) is 24.7 Å². The zero-order chi connectivity index (χ0) is 16.2. The number of esters is 1. The highest BCUT2D eigenvalue weighted by Crippen LogP contribution is 2.27. The number of rotatable bonds is 3. The number of hydrogen-bond acceptors (Lipinski definition) is 5. The minimum absolute atomic E-state index is 0.220. The standard InChI is InChI=1S/C16H24N4O3/c1-23-16(22)14-9-5-6-10-19(14)15(21)13-11-20(18-17-13)12-7-3-2-4-8-12/h11-12,14H,2-10H2,1H3. The molecule has 1 aliphatic carbocycles. The van der Waals surface area contributed by atoms with Crippen molar-refractivity contribution in [3.63, 3.8) is 0 Å². The van der Waals surface area contributed by atoms with Crippen LogP contribution in [0.4, 0.5) is 0 Å². The van der Waals surface area contributed by atoms with Crippen LogP contribution in [0.3, 0.4) is 0 Å². The van der Waals surface area contributed by atoms with Crippen molar-refractivity contribution < 1.29 is 14.3 Å². The van der Waals surface area contributed by atoms with Crippen LogP contribution in [0, 0.1) is 0 Å². The Kier molecular flexibility index (Phi) is 4.93. The molecule has 0 aromatic carbocycles. The van der Waals surface area contributed by atoms with E-state index >= 15 is 0 Å². The molecule has 23 heavy (non-hydrogen) atoms. The van der Waals surface area contributed by atoms with Crippen molar-refractivity contribution in [2.75, 3.05) is 13.7 Å². The van der Waals surface area contributed by atoms with Gasteiger partial charge in [0.2, 0.25) is 0 Å². The highest BCUT2D eigenvalue weighted by molar-refractivity contribution is 5.95. The van der Waals surface area contributed by atoms with Gasteiger partial charge in [-0.15, -0.1) is 5.10 Å². The average molecular weight is 320 g/mol.